The first-order valence-corrected chi connectivity index (χ1v) is 7.62. The third-order valence-corrected chi connectivity index (χ3v) is 4.06. The zero-order valence-electron chi connectivity index (χ0n) is 12.6. The molecule has 4 aromatic carbocycles. The first-order valence-electron chi connectivity index (χ1n) is 7.62. The lowest BCUT2D eigenvalue weighted by molar-refractivity contribution is 0.290. The van der Waals surface area contributed by atoms with E-state index in [1.54, 1.807) is 0 Å². The summed E-state index contributed by atoms with van der Waals surface area (Å²) in [5, 5.41) is 14.7. The number of phenols is 1. The molecular formula is C21H16O2. The Labute approximate surface area is 134 Å². The maximum atomic E-state index is 10.6. The molecule has 0 aliphatic rings. The average Bonchev–Trinajstić information content (AvgIpc) is 2.61. The van der Waals surface area contributed by atoms with E-state index < -0.39 is 0 Å². The highest BCUT2D eigenvalue weighted by atomic mass is 16.5. The lowest BCUT2D eigenvalue weighted by Crippen LogP contribution is -1.95. The second kappa shape index (κ2) is 5.65. The van der Waals surface area contributed by atoms with E-state index in [-0.39, 0.29) is 5.75 Å². The maximum absolute atomic E-state index is 10.6. The second-order valence-electron chi connectivity index (χ2n) is 5.61. The van der Waals surface area contributed by atoms with Gasteiger partial charge in [0.2, 0.25) is 0 Å². The van der Waals surface area contributed by atoms with Crippen LogP contribution in [0.15, 0.2) is 78.9 Å². The Morgan fingerprint density at radius 2 is 1.39 bits per heavy atom. The van der Waals surface area contributed by atoms with Gasteiger partial charge in [-0.15, -0.1) is 0 Å². The van der Waals surface area contributed by atoms with E-state index in [9.17, 15) is 5.11 Å². The Hall–Kier alpha value is -3.00. The van der Waals surface area contributed by atoms with E-state index in [0.29, 0.717) is 12.4 Å². The highest BCUT2D eigenvalue weighted by Gasteiger charge is 2.09. The molecule has 0 radical (unpaired) electrons. The van der Waals surface area contributed by atoms with Crippen LogP contribution in [0.3, 0.4) is 0 Å². The molecule has 2 nitrogen and oxygen atoms in total. The summed E-state index contributed by atoms with van der Waals surface area (Å²) in [7, 11) is 0. The number of aromatic hydroxyl groups is 1. The molecule has 23 heavy (non-hydrogen) atoms. The number of ether oxygens (including phenoxy) is 1. The summed E-state index contributed by atoms with van der Waals surface area (Å²) in [5.41, 5.74) is 1.07. The van der Waals surface area contributed by atoms with Crippen LogP contribution in [0, 0.1) is 0 Å². The van der Waals surface area contributed by atoms with Crippen LogP contribution in [-0.4, -0.2) is 5.11 Å². The van der Waals surface area contributed by atoms with Gasteiger partial charge < -0.3 is 9.84 Å². The molecule has 0 unspecified atom stereocenters. The van der Waals surface area contributed by atoms with Gasteiger partial charge in [-0.05, 0) is 39.9 Å². The number of hydrogen-bond acceptors (Lipinski definition) is 2. The Kier molecular flexibility index (Phi) is 3.35. The zero-order valence-corrected chi connectivity index (χ0v) is 12.6. The molecular weight excluding hydrogens is 284 g/mol. The standard InChI is InChI=1S/C21H16O2/c22-21-19-13-17-9-5-4-8-16(17)12-18(19)10-11-20(21)23-14-15-6-2-1-3-7-15/h1-13,22H,14H2. The predicted molar refractivity (Wildman–Crippen MR) is 93.9 cm³/mol. The van der Waals surface area contributed by atoms with Crippen LogP contribution < -0.4 is 4.74 Å². The maximum Gasteiger partial charge on any atom is 0.165 e. The van der Waals surface area contributed by atoms with Gasteiger partial charge in [0.25, 0.3) is 0 Å². The van der Waals surface area contributed by atoms with Crippen molar-refractivity contribution in [2.45, 2.75) is 6.61 Å². The fourth-order valence-electron chi connectivity index (χ4n) is 2.83. The molecule has 0 saturated heterocycles. The smallest absolute Gasteiger partial charge is 0.165 e. The van der Waals surface area contributed by atoms with E-state index in [1.807, 2.05) is 66.7 Å². The van der Waals surface area contributed by atoms with Gasteiger partial charge in [0.1, 0.15) is 6.61 Å². The zero-order chi connectivity index (χ0) is 15.6. The molecule has 4 aromatic rings. The van der Waals surface area contributed by atoms with E-state index >= 15 is 0 Å². The van der Waals surface area contributed by atoms with Gasteiger partial charge >= 0.3 is 0 Å². The van der Waals surface area contributed by atoms with Crippen LogP contribution in [0.25, 0.3) is 21.5 Å². The van der Waals surface area contributed by atoms with Crippen molar-refractivity contribution in [1.29, 1.82) is 0 Å². The molecule has 0 bridgehead atoms. The van der Waals surface area contributed by atoms with Crippen molar-refractivity contribution in [3.05, 3.63) is 84.4 Å². The predicted octanol–water partition coefficient (Wildman–Crippen LogP) is 5.28. The largest absolute Gasteiger partial charge is 0.504 e. The summed E-state index contributed by atoms with van der Waals surface area (Å²) in [5.74, 6) is 0.709. The molecule has 2 heteroatoms. The van der Waals surface area contributed by atoms with Crippen molar-refractivity contribution < 1.29 is 9.84 Å². The van der Waals surface area contributed by atoms with Gasteiger partial charge in [0.15, 0.2) is 11.5 Å². The number of rotatable bonds is 3. The summed E-state index contributed by atoms with van der Waals surface area (Å²) in [4.78, 5) is 0. The Balaban J connectivity index is 1.73. The first kappa shape index (κ1) is 13.6. The Morgan fingerprint density at radius 1 is 0.696 bits per heavy atom. The molecule has 0 fully saturated rings. The monoisotopic (exact) mass is 300 g/mol. The third-order valence-electron chi connectivity index (χ3n) is 4.06. The minimum atomic E-state index is 0.198. The SMILES string of the molecule is Oc1c(OCc2ccccc2)ccc2cc3ccccc3cc12. The number of fused-ring (bicyclic) bond motifs is 2. The molecule has 0 atom stereocenters. The van der Waals surface area contributed by atoms with Gasteiger partial charge in [0, 0.05) is 5.39 Å². The summed E-state index contributed by atoms with van der Waals surface area (Å²) >= 11 is 0. The van der Waals surface area contributed by atoms with Crippen molar-refractivity contribution in [1.82, 2.24) is 0 Å². The van der Waals surface area contributed by atoms with Crippen LogP contribution >= 0.6 is 0 Å². The Bertz CT molecular complexity index is 975. The van der Waals surface area contributed by atoms with Gasteiger partial charge in [-0.2, -0.15) is 0 Å². The molecule has 0 spiro atoms. The number of phenolic OH excluding ortho intramolecular Hbond substituents is 1. The molecule has 0 aliphatic carbocycles. The molecule has 0 aliphatic heterocycles. The van der Waals surface area contributed by atoms with Gasteiger partial charge in [-0.1, -0.05) is 60.7 Å². The fraction of sp³-hybridized carbons (Fsp3) is 0.0476. The second-order valence-corrected chi connectivity index (χ2v) is 5.61. The van der Waals surface area contributed by atoms with E-state index in [4.69, 9.17) is 4.74 Å². The number of hydrogen-bond donors (Lipinski definition) is 1. The summed E-state index contributed by atoms with van der Waals surface area (Å²) in [6.45, 7) is 0.438. The van der Waals surface area contributed by atoms with Crippen molar-refractivity contribution >= 4 is 21.5 Å². The van der Waals surface area contributed by atoms with E-state index in [2.05, 4.69) is 12.1 Å². The van der Waals surface area contributed by atoms with Crippen molar-refractivity contribution in [3.63, 3.8) is 0 Å². The van der Waals surface area contributed by atoms with Crippen LogP contribution in [0.1, 0.15) is 5.56 Å². The van der Waals surface area contributed by atoms with Crippen LogP contribution in [0.4, 0.5) is 0 Å². The van der Waals surface area contributed by atoms with Crippen molar-refractivity contribution in [3.8, 4) is 11.5 Å². The topological polar surface area (TPSA) is 29.5 Å². The lowest BCUT2D eigenvalue weighted by atomic mass is 10.0. The molecule has 0 amide bonds. The van der Waals surface area contributed by atoms with E-state index in [1.165, 1.54) is 0 Å². The fourth-order valence-corrected chi connectivity index (χ4v) is 2.83. The molecule has 0 saturated carbocycles. The van der Waals surface area contributed by atoms with Crippen LogP contribution in [0.2, 0.25) is 0 Å². The molecule has 0 aromatic heterocycles. The van der Waals surface area contributed by atoms with Crippen molar-refractivity contribution in [2.75, 3.05) is 0 Å². The molecule has 0 heterocycles. The van der Waals surface area contributed by atoms with Gasteiger partial charge in [0.05, 0.1) is 0 Å². The summed E-state index contributed by atoms with van der Waals surface area (Å²) in [6.07, 6.45) is 0. The minimum Gasteiger partial charge on any atom is -0.504 e. The lowest BCUT2D eigenvalue weighted by Gasteiger charge is -2.11. The Morgan fingerprint density at radius 3 is 2.17 bits per heavy atom. The molecule has 4 rings (SSSR count). The van der Waals surface area contributed by atoms with E-state index in [0.717, 1.165) is 27.1 Å². The number of benzene rings is 4. The molecule has 1 N–H and O–H groups in total. The van der Waals surface area contributed by atoms with Crippen molar-refractivity contribution in [2.24, 2.45) is 0 Å². The van der Waals surface area contributed by atoms with Crippen LogP contribution in [0.5, 0.6) is 11.5 Å². The molecule has 112 valence electrons. The summed E-state index contributed by atoms with van der Waals surface area (Å²) < 4.78 is 5.79. The first-order chi connectivity index (χ1) is 11.3. The highest BCUT2D eigenvalue weighted by molar-refractivity contribution is 6.01. The quantitative estimate of drug-likeness (QED) is 0.522. The highest BCUT2D eigenvalue weighted by Crippen LogP contribution is 2.36. The van der Waals surface area contributed by atoms with Gasteiger partial charge in [-0.25, -0.2) is 0 Å². The third kappa shape index (κ3) is 2.59. The normalized spacial score (nSPS) is 11.0. The average molecular weight is 300 g/mol. The summed E-state index contributed by atoms with van der Waals surface area (Å²) in [6, 6.07) is 26.0. The van der Waals surface area contributed by atoms with Crippen LogP contribution in [-0.2, 0) is 6.61 Å². The van der Waals surface area contributed by atoms with Gasteiger partial charge in [-0.3, -0.25) is 0 Å². The minimum absolute atomic E-state index is 0.198.